The van der Waals surface area contributed by atoms with Gasteiger partial charge in [0.2, 0.25) is 5.91 Å². The van der Waals surface area contributed by atoms with Crippen LogP contribution in [0.2, 0.25) is 0 Å². The second kappa shape index (κ2) is 10.3. The van der Waals surface area contributed by atoms with Crippen LogP contribution in [-0.2, 0) is 9.53 Å². The summed E-state index contributed by atoms with van der Waals surface area (Å²) in [5.41, 5.74) is 4.67. The number of rotatable bonds is 7. The van der Waals surface area contributed by atoms with Gasteiger partial charge in [0.1, 0.15) is 6.61 Å². The molecule has 1 aliphatic carbocycles. The second-order valence-corrected chi connectivity index (χ2v) is 9.45. The number of alkyl carbamates (subject to hydrolysis) is 1. The third-order valence-electron chi connectivity index (χ3n) is 6.32. The van der Waals surface area contributed by atoms with E-state index in [0.717, 1.165) is 22.3 Å². The van der Waals surface area contributed by atoms with Crippen LogP contribution in [0.15, 0.2) is 71.2 Å². The first-order valence-electron chi connectivity index (χ1n) is 11.2. The standard InChI is InChI=1S/C27H25BrN2O5/c1-15(25(31)30-24-12-11-17(28)13-22(24)26(32)33)16(2)29-27(34)35-14-23-20-9-5-3-7-18(20)19-8-4-6-10-21(19)23/h3-13,15-16,23H,14H2,1-2H3,(H,29,34)(H,30,31)(H,32,33). The number of fused-ring (bicyclic) bond motifs is 3. The smallest absolute Gasteiger partial charge is 0.407 e. The lowest BCUT2D eigenvalue weighted by Gasteiger charge is -2.22. The van der Waals surface area contributed by atoms with Crippen molar-refractivity contribution >= 4 is 39.6 Å². The lowest BCUT2D eigenvalue weighted by molar-refractivity contribution is -0.120. The number of nitrogens with one attached hydrogen (secondary N) is 2. The van der Waals surface area contributed by atoms with E-state index in [9.17, 15) is 19.5 Å². The summed E-state index contributed by atoms with van der Waals surface area (Å²) in [6.45, 7) is 3.53. The normalized spacial score (nSPS) is 13.8. The summed E-state index contributed by atoms with van der Waals surface area (Å²) in [7, 11) is 0. The highest BCUT2D eigenvalue weighted by molar-refractivity contribution is 9.10. The summed E-state index contributed by atoms with van der Waals surface area (Å²) in [5.74, 6) is -2.27. The Bertz CT molecular complexity index is 1250. The van der Waals surface area contributed by atoms with Gasteiger partial charge in [0, 0.05) is 16.4 Å². The van der Waals surface area contributed by atoms with E-state index in [1.54, 1.807) is 19.9 Å². The molecule has 0 aliphatic heterocycles. The van der Waals surface area contributed by atoms with Crippen LogP contribution >= 0.6 is 15.9 Å². The number of halogens is 1. The number of amides is 2. The van der Waals surface area contributed by atoms with E-state index in [0.29, 0.717) is 4.47 Å². The zero-order chi connectivity index (χ0) is 25.1. The van der Waals surface area contributed by atoms with Crippen molar-refractivity contribution in [3.05, 3.63) is 87.9 Å². The summed E-state index contributed by atoms with van der Waals surface area (Å²) in [6.07, 6.45) is -0.617. The van der Waals surface area contributed by atoms with Crippen molar-refractivity contribution in [2.45, 2.75) is 25.8 Å². The van der Waals surface area contributed by atoms with Gasteiger partial charge in [0.05, 0.1) is 17.2 Å². The molecule has 0 spiro atoms. The van der Waals surface area contributed by atoms with E-state index in [4.69, 9.17) is 4.74 Å². The van der Waals surface area contributed by atoms with Gasteiger partial charge in [-0.2, -0.15) is 0 Å². The molecule has 1 aliphatic rings. The van der Waals surface area contributed by atoms with Gasteiger partial charge in [-0.15, -0.1) is 0 Å². The lowest BCUT2D eigenvalue weighted by Crippen LogP contribution is -2.42. The number of ether oxygens (including phenoxy) is 1. The number of aromatic carboxylic acids is 1. The highest BCUT2D eigenvalue weighted by Crippen LogP contribution is 2.44. The maximum atomic E-state index is 12.7. The van der Waals surface area contributed by atoms with Gasteiger partial charge in [-0.05, 0) is 47.4 Å². The summed E-state index contributed by atoms with van der Waals surface area (Å²) >= 11 is 3.23. The summed E-state index contributed by atoms with van der Waals surface area (Å²) in [6, 6.07) is 20.2. The minimum absolute atomic E-state index is 0.0305. The molecule has 7 nitrogen and oxygen atoms in total. The molecular formula is C27H25BrN2O5. The molecule has 0 aromatic heterocycles. The zero-order valence-electron chi connectivity index (χ0n) is 19.2. The van der Waals surface area contributed by atoms with Crippen molar-refractivity contribution in [3.8, 4) is 11.1 Å². The van der Waals surface area contributed by atoms with E-state index in [1.165, 1.54) is 12.1 Å². The Morgan fingerprint density at radius 1 is 0.971 bits per heavy atom. The fourth-order valence-electron chi connectivity index (χ4n) is 4.23. The van der Waals surface area contributed by atoms with E-state index >= 15 is 0 Å². The number of carboxylic acid groups (broad SMARTS) is 1. The molecule has 3 aromatic rings. The number of carboxylic acids is 1. The Kier molecular flexibility index (Phi) is 7.21. The number of benzene rings is 3. The Morgan fingerprint density at radius 2 is 1.57 bits per heavy atom. The van der Waals surface area contributed by atoms with E-state index in [2.05, 4.69) is 38.7 Å². The Hall–Kier alpha value is -3.65. The summed E-state index contributed by atoms with van der Waals surface area (Å²) < 4.78 is 6.15. The van der Waals surface area contributed by atoms with E-state index < -0.39 is 29.9 Å². The van der Waals surface area contributed by atoms with Crippen LogP contribution in [0.5, 0.6) is 0 Å². The van der Waals surface area contributed by atoms with Crippen LogP contribution in [0.25, 0.3) is 11.1 Å². The average molecular weight is 537 g/mol. The summed E-state index contributed by atoms with van der Waals surface area (Å²) in [5, 5.41) is 14.8. The number of carbonyl (C=O) groups excluding carboxylic acids is 2. The molecule has 3 N–H and O–H groups in total. The minimum atomic E-state index is -1.15. The summed E-state index contributed by atoms with van der Waals surface area (Å²) in [4.78, 5) is 36.8. The molecule has 35 heavy (non-hydrogen) atoms. The second-order valence-electron chi connectivity index (χ2n) is 8.53. The lowest BCUT2D eigenvalue weighted by atomic mass is 9.98. The Balaban J connectivity index is 1.36. The van der Waals surface area contributed by atoms with Crippen LogP contribution in [-0.4, -0.2) is 35.7 Å². The monoisotopic (exact) mass is 536 g/mol. The van der Waals surface area contributed by atoms with Crippen LogP contribution in [0, 0.1) is 5.92 Å². The van der Waals surface area contributed by atoms with Crippen molar-refractivity contribution in [3.63, 3.8) is 0 Å². The van der Waals surface area contributed by atoms with Gasteiger partial charge in [-0.25, -0.2) is 9.59 Å². The molecule has 0 radical (unpaired) electrons. The highest BCUT2D eigenvalue weighted by atomic mass is 79.9. The fourth-order valence-corrected chi connectivity index (χ4v) is 4.59. The van der Waals surface area contributed by atoms with Crippen molar-refractivity contribution in [1.82, 2.24) is 5.32 Å². The maximum Gasteiger partial charge on any atom is 0.407 e. The van der Waals surface area contributed by atoms with Crippen LogP contribution < -0.4 is 10.6 Å². The topological polar surface area (TPSA) is 105 Å². The van der Waals surface area contributed by atoms with Gasteiger partial charge in [-0.3, -0.25) is 4.79 Å². The minimum Gasteiger partial charge on any atom is -0.478 e. The predicted molar refractivity (Wildman–Crippen MR) is 137 cm³/mol. The molecule has 0 saturated heterocycles. The number of carbonyl (C=O) groups is 3. The van der Waals surface area contributed by atoms with E-state index in [-0.39, 0.29) is 23.8 Å². The molecule has 0 saturated carbocycles. The molecule has 0 bridgehead atoms. The molecule has 0 heterocycles. The molecule has 2 atom stereocenters. The predicted octanol–water partition coefficient (Wildman–Crippen LogP) is 5.65. The molecular weight excluding hydrogens is 512 g/mol. The number of hydrogen-bond donors (Lipinski definition) is 3. The third kappa shape index (κ3) is 5.22. The number of hydrogen-bond acceptors (Lipinski definition) is 4. The van der Waals surface area contributed by atoms with Crippen molar-refractivity contribution < 1.29 is 24.2 Å². The largest absolute Gasteiger partial charge is 0.478 e. The molecule has 4 rings (SSSR count). The van der Waals surface area contributed by atoms with Gasteiger partial charge >= 0.3 is 12.1 Å². The van der Waals surface area contributed by atoms with Gasteiger partial charge < -0.3 is 20.5 Å². The van der Waals surface area contributed by atoms with Gasteiger partial charge in [0.25, 0.3) is 0 Å². The zero-order valence-corrected chi connectivity index (χ0v) is 20.8. The quantitative estimate of drug-likeness (QED) is 0.362. The first-order chi connectivity index (χ1) is 16.8. The molecule has 180 valence electrons. The highest BCUT2D eigenvalue weighted by Gasteiger charge is 2.30. The molecule has 2 amide bonds. The number of anilines is 1. The molecule has 8 heteroatoms. The fraction of sp³-hybridized carbons (Fsp3) is 0.222. The van der Waals surface area contributed by atoms with E-state index in [1.807, 2.05) is 36.4 Å². The van der Waals surface area contributed by atoms with Crippen molar-refractivity contribution in [2.75, 3.05) is 11.9 Å². The van der Waals surface area contributed by atoms with Crippen LogP contribution in [0.1, 0.15) is 41.3 Å². The first kappa shape index (κ1) is 24.5. The van der Waals surface area contributed by atoms with Crippen molar-refractivity contribution in [1.29, 1.82) is 0 Å². The van der Waals surface area contributed by atoms with Crippen LogP contribution in [0.4, 0.5) is 10.5 Å². The van der Waals surface area contributed by atoms with Crippen LogP contribution in [0.3, 0.4) is 0 Å². The average Bonchev–Trinajstić information content (AvgIpc) is 3.16. The Morgan fingerprint density at radius 3 is 2.17 bits per heavy atom. The van der Waals surface area contributed by atoms with Crippen molar-refractivity contribution in [2.24, 2.45) is 5.92 Å². The van der Waals surface area contributed by atoms with Gasteiger partial charge in [0.15, 0.2) is 0 Å². The third-order valence-corrected chi connectivity index (χ3v) is 6.82. The molecule has 0 fully saturated rings. The maximum absolute atomic E-state index is 12.7. The molecule has 2 unspecified atom stereocenters. The first-order valence-corrected chi connectivity index (χ1v) is 12.0. The Labute approximate surface area is 211 Å². The SMILES string of the molecule is CC(NC(=O)OCC1c2ccccc2-c2ccccc21)C(C)C(=O)Nc1ccc(Br)cc1C(=O)O. The van der Waals surface area contributed by atoms with Gasteiger partial charge in [-0.1, -0.05) is 71.4 Å². The molecule has 3 aromatic carbocycles.